The Hall–Kier alpha value is -1.90. The van der Waals surface area contributed by atoms with Crippen LogP contribution in [0.5, 0.6) is 0 Å². The SMILES string of the molecule is Cc1cc2ccc3[nH]ncc3c2[n+](C)c1. The summed E-state index contributed by atoms with van der Waals surface area (Å²) in [6, 6.07) is 6.40. The minimum atomic E-state index is 1.09. The number of nitrogens with one attached hydrogen (secondary N) is 1. The molecule has 0 saturated heterocycles. The summed E-state index contributed by atoms with van der Waals surface area (Å²) in [5.41, 5.74) is 3.58. The van der Waals surface area contributed by atoms with Gasteiger partial charge in [-0.15, -0.1) is 0 Å². The summed E-state index contributed by atoms with van der Waals surface area (Å²) in [7, 11) is 2.07. The van der Waals surface area contributed by atoms with E-state index in [9.17, 15) is 0 Å². The molecule has 0 atom stereocenters. The monoisotopic (exact) mass is 198 g/mol. The molecule has 0 fully saturated rings. The first-order valence-electron chi connectivity index (χ1n) is 4.98. The van der Waals surface area contributed by atoms with Crippen LogP contribution < -0.4 is 4.57 Å². The van der Waals surface area contributed by atoms with E-state index < -0.39 is 0 Å². The lowest BCUT2D eigenvalue weighted by Crippen LogP contribution is -2.28. The molecule has 3 rings (SSSR count). The molecule has 2 aromatic heterocycles. The van der Waals surface area contributed by atoms with Crippen LogP contribution in [-0.2, 0) is 7.05 Å². The maximum atomic E-state index is 4.08. The van der Waals surface area contributed by atoms with E-state index in [2.05, 4.69) is 53.1 Å². The number of aromatic nitrogens is 3. The Morgan fingerprint density at radius 1 is 1.33 bits per heavy atom. The number of nitrogens with zero attached hydrogens (tertiary/aromatic N) is 2. The van der Waals surface area contributed by atoms with Gasteiger partial charge in [-0.3, -0.25) is 5.10 Å². The van der Waals surface area contributed by atoms with Crippen molar-refractivity contribution in [1.82, 2.24) is 10.2 Å². The zero-order valence-corrected chi connectivity index (χ0v) is 8.78. The summed E-state index contributed by atoms with van der Waals surface area (Å²) in [6.07, 6.45) is 4.02. The van der Waals surface area contributed by atoms with Gasteiger partial charge in [0.05, 0.1) is 17.1 Å². The van der Waals surface area contributed by atoms with Crippen molar-refractivity contribution < 1.29 is 4.57 Å². The Morgan fingerprint density at radius 2 is 2.20 bits per heavy atom. The third-order valence-corrected chi connectivity index (χ3v) is 2.76. The van der Waals surface area contributed by atoms with Gasteiger partial charge in [0, 0.05) is 10.9 Å². The minimum absolute atomic E-state index is 1.09. The van der Waals surface area contributed by atoms with Gasteiger partial charge in [0.25, 0.3) is 0 Å². The number of hydrogen-bond acceptors (Lipinski definition) is 1. The van der Waals surface area contributed by atoms with E-state index in [1.165, 1.54) is 21.9 Å². The second-order valence-electron chi connectivity index (χ2n) is 3.96. The summed E-state index contributed by atoms with van der Waals surface area (Å²) in [5, 5.41) is 9.50. The minimum Gasteiger partial charge on any atom is -0.278 e. The van der Waals surface area contributed by atoms with E-state index in [-0.39, 0.29) is 0 Å². The van der Waals surface area contributed by atoms with Crippen LogP contribution >= 0.6 is 0 Å². The zero-order valence-electron chi connectivity index (χ0n) is 8.78. The van der Waals surface area contributed by atoms with Crippen LogP contribution in [-0.4, -0.2) is 10.2 Å². The fraction of sp³-hybridized carbons (Fsp3) is 0.167. The maximum Gasteiger partial charge on any atom is 0.223 e. The summed E-state index contributed by atoms with van der Waals surface area (Å²) in [4.78, 5) is 0. The first kappa shape index (κ1) is 8.41. The molecule has 0 bridgehead atoms. The number of H-pyrrole nitrogens is 1. The third kappa shape index (κ3) is 1.13. The zero-order chi connectivity index (χ0) is 10.4. The largest absolute Gasteiger partial charge is 0.278 e. The quantitative estimate of drug-likeness (QED) is 0.549. The van der Waals surface area contributed by atoms with Crippen molar-refractivity contribution in [1.29, 1.82) is 0 Å². The lowest BCUT2D eigenvalue weighted by molar-refractivity contribution is -0.644. The van der Waals surface area contributed by atoms with E-state index in [0.717, 1.165) is 5.52 Å². The molecule has 3 aromatic rings. The smallest absolute Gasteiger partial charge is 0.223 e. The second-order valence-corrected chi connectivity index (χ2v) is 3.96. The summed E-state index contributed by atoms with van der Waals surface area (Å²) < 4.78 is 2.16. The van der Waals surface area contributed by atoms with E-state index in [1.807, 2.05) is 6.20 Å². The molecule has 0 amide bonds. The molecule has 0 unspecified atom stereocenters. The van der Waals surface area contributed by atoms with Crippen LogP contribution in [0.4, 0.5) is 0 Å². The molecule has 2 heterocycles. The fourth-order valence-electron chi connectivity index (χ4n) is 2.18. The van der Waals surface area contributed by atoms with E-state index in [4.69, 9.17) is 0 Å². The van der Waals surface area contributed by atoms with Gasteiger partial charge in [-0.1, -0.05) is 0 Å². The van der Waals surface area contributed by atoms with Crippen LogP contribution in [0.15, 0.2) is 30.6 Å². The highest BCUT2D eigenvalue weighted by Crippen LogP contribution is 2.20. The van der Waals surface area contributed by atoms with E-state index in [1.54, 1.807) is 0 Å². The molecule has 0 aliphatic carbocycles. The van der Waals surface area contributed by atoms with Gasteiger partial charge < -0.3 is 0 Å². The number of fused-ring (bicyclic) bond motifs is 3. The molecule has 3 heteroatoms. The average Bonchev–Trinajstić information content (AvgIpc) is 2.63. The van der Waals surface area contributed by atoms with Crippen molar-refractivity contribution in [2.75, 3.05) is 0 Å². The first-order chi connectivity index (χ1) is 7.25. The van der Waals surface area contributed by atoms with Crippen LogP contribution in [0.1, 0.15) is 5.56 Å². The van der Waals surface area contributed by atoms with Crippen LogP contribution in [0.3, 0.4) is 0 Å². The van der Waals surface area contributed by atoms with Gasteiger partial charge in [0.15, 0.2) is 6.20 Å². The highest BCUT2D eigenvalue weighted by Gasteiger charge is 2.11. The van der Waals surface area contributed by atoms with Gasteiger partial charge in [-0.25, -0.2) is 4.57 Å². The van der Waals surface area contributed by atoms with Crippen molar-refractivity contribution in [3.63, 3.8) is 0 Å². The lowest BCUT2D eigenvalue weighted by Gasteiger charge is -1.99. The van der Waals surface area contributed by atoms with Gasteiger partial charge in [0.1, 0.15) is 7.05 Å². The molecule has 74 valence electrons. The number of aromatic amines is 1. The molecule has 0 radical (unpaired) electrons. The highest BCUT2D eigenvalue weighted by molar-refractivity contribution is 6.01. The summed E-state index contributed by atoms with van der Waals surface area (Å²) in [5.74, 6) is 0. The molecular weight excluding hydrogens is 186 g/mol. The number of rotatable bonds is 0. The molecule has 3 nitrogen and oxygen atoms in total. The Bertz CT molecular complexity index is 652. The van der Waals surface area contributed by atoms with Gasteiger partial charge in [-0.2, -0.15) is 5.10 Å². The number of benzene rings is 1. The van der Waals surface area contributed by atoms with E-state index in [0.29, 0.717) is 0 Å². The predicted octanol–water partition coefficient (Wildman–Crippen LogP) is 1.85. The van der Waals surface area contributed by atoms with Gasteiger partial charge in [-0.05, 0) is 25.1 Å². The number of hydrogen-bond donors (Lipinski definition) is 1. The molecule has 0 spiro atoms. The Kier molecular flexibility index (Phi) is 1.57. The van der Waals surface area contributed by atoms with Gasteiger partial charge in [0.2, 0.25) is 5.52 Å². The highest BCUT2D eigenvalue weighted by atomic mass is 15.1. The first-order valence-corrected chi connectivity index (χ1v) is 4.98. The molecule has 1 N–H and O–H groups in total. The van der Waals surface area contributed by atoms with Crippen molar-refractivity contribution in [3.8, 4) is 0 Å². The van der Waals surface area contributed by atoms with Crippen LogP contribution in [0, 0.1) is 6.92 Å². The van der Waals surface area contributed by atoms with Crippen molar-refractivity contribution in [2.45, 2.75) is 6.92 Å². The Balaban J connectivity index is 2.62. The summed E-state index contributed by atoms with van der Waals surface area (Å²) in [6.45, 7) is 2.11. The van der Waals surface area contributed by atoms with Crippen molar-refractivity contribution in [3.05, 3.63) is 36.2 Å². The van der Waals surface area contributed by atoms with Crippen LogP contribution in [0.25, 0.3) is 21.8 Å². The normalized spacial score (nSPS) is 11.3. The topological polar surface area (TPSA) is 32.6 Å². The standard InChI is InChI=1S/C12H11N3/c1-8-5-9-3-4-11-10(6-13-14-11)12(9)15(2)7-8/h3-7H,1-2H3/p+1. The molecule has 0 aliphatic rings. The van der Waals surface area contributed by atoms with Crippen molar-refractivity contribution >= 4 is 21.8 Å². The molecule has 0 saturated carbocycles. The van der Waals surface area contributed by atoms with E-state index >= 15 is 0 Å². The predicted molar refractivity (Wildman–Crippen MR) is 59.5 cm³/mol. The lowest BCUT2D eigenvalue weighted by atomic mass is 10.1. The number of aryl methyl sites for hydroxylation is 2. The molecule has 15 heavy (non-hydrogen) atoms. The third-order valence-electron chi connectivity index (χ3n) is 2.76. The molecule has 0 aliphatic heterocycles. The molecule has 1 aromatic carbocycles. The molecular formula is C12H12N3+. The fourth-order valence-corrected chi connectivity index (χ4v) is 2.18. The Labute approximate surface area is 87.4 Å². The maximum absolute atomic E-state index is 4.08. The average molecular weight is 198 g/mol. The second kappa shape index (κ2) is 2.79. The number of pyridine rings is 1. The van der Waals surface area contributed by atoms with Crippen molar-refractivity contribution in [2.24, 2.45) is 7.05 Å². The van der Waals surface area contributed by atoms with Crippen LogP contribution in [0.2, 0.25) is 0 Å². The van der Waals surface area contributed by atoms with Gasteiger partial charge >= 0.3 is 0 Å². The summed E-state index contributed by atoms with van der Waals surface area (Å²) >= 11 is 0. The Morgan fingerprint density at radius 3 is 3.07 bits per heavy atom.